The number of rotatable bonds is 8. The second kappa shape index (κ2) is 7.96. The van der Waals surface area contributed by atoms with E-state index in [1.54, 1.807) is 6.07 Å². The van der Waals surface area contributed by atoms with Gasteiger partial charge in [-0.1, -0.05) is 26.7 Å². The SMILES string of the molecule is CCCC(CCC)Nc1ccc(OCC)c(F)c1. The normalized spacial score (nSPS) is 10.7. The minimum atomic E-state index is -0.298. The van der Waals surface area contributed by atoms with Gasteiger partial charge in [-0.3, -0.25) is 0 Å². The molecule has 0 saturated carbocycles. The summed E-state index contributed by atoms with van der Waals surface area (Å²) in [5, 5.41) is 3.40. The van der Waals surface area contributed by atoms with Crippen molar-refractivity contribution in [3.05, 3.63) is 24.0 Å². The van der Waals surface area contributed by atoms with Crippen LogP contribution in [0.25, 0.3) is 0 Å². The quantitative estimate of drug-likeness (QED) is 0.730. The van der Waals surface area contributed by atoms with Crippen molar-refractivity contribution in [1.29, 1.82) is 0 Å². The molecular formula is C15H24FNO. The molecule has 0 heterocycles. The Kier molecular flexibility index (Phi) is 6.55. The number of nitrogens with one attached hydrogen (secondary N) is 1. The monoisotopic (exact) mass is 253 g/mol. The first-order valence-electron chi connectivity index (χ1n) is 6.90. The molecule has 0 aliphatic heterocycles. The summed E-state index contributed by atoms with van der Waals surface area (Å²) >= 11 is 0. The Bertz CT molecular complexity index is 348. The number of halogens is 1. The van der Waals surface area contributed by atoms with Crippen LogP contribution in [0, 0.1) is 5.82 Å². The predicted octanol–water partition coefficient (Wildman–Crippen LogP) is 4.61. The molecule has 1 N–H and O–H groups in total. The zero-order valence-electron chi connectivity index (χ0n) is 11.6. The van der Waals surface area contributed by atoms with E-state index in [1.165, 1.54) is 6.07 Å². The summed E-state index contributed by atoms with van der Waals surface area (Å²) in [7, 11) is 0. The number of ether oxygens (including phenoxy) is 1. The second-order valence-corrected chi connectivity index (χ2v) is 4.50. The van der Waals surface area contributed by atoms with Crippen molar-refractivity contribution in [2.24, 2.45) is 0 Å². The Balaban J connectivity index is 2.68. The highest BCUT2D eigenvalue weighted by Gasteiger charge is 2.09. The van der Waals surface area contributed by atoms with Gasteiger partial charge in [0.1, 0.15) is 0 Å². The summed E-state index contributed by atoms with van der Waals surface area (Å²) in [4.78, 5) is 0. The van der Waals surface area contributed by atoms with Crippen molar-refractivity contribution in [3.8, 4) is 5.75 Å². The van der Waals surface area contributed by atoms with Crippen molar-refractivity contribution >= 4 is 5.69 Å². The Hall–Kier alpha value is -1.25. The maximum absolute atomic E-state index is 13.7. The van der Waals surface area contributed by atoms with E-state index in [9.17, 15) is 4.39 Å². The Morgan fingerprint density at radius 1 is 1.17 bits per heavy atom. The third-order valence-electron chi connectivity index (χ3n) is 2.88. The van der Waals surface area contributed by atoms with E-state index in [0.717, 1.165) is 31.4 Å². The lowest BCUT2D eigenvalue weighted by molar-refractivity contribution is 0.321. The summed E-state index contributed by atoms with van der Waals surface area (Å²) in [6.45, 7) is 6.67. The van der Waals surface area contributed by atoms with Crippen LogP contribution in [0.4, 0.5) is 10.1 Å². The van der Waals surface area contributed by atoms with E-state index in [2.05, 4.69) is 19.2 Å². The maximum Gasteiger partial charge on any atom is 0.167 e. The van der Waals surface area contributed by atoms with E-state index in [-0.39, 0.29) is 5.82 Å². The van der Waals surface area contributed by atoms with Crippen molar-refractivity contribution in [3.63, 3.8) is 0 Å². The van der Waals surface area contributed by atoms with Crippen LogP contribution in [-0.4, -0.2) is 12.6 Å². The average Bonchev–Trinajstić information content (AvgIpc) is 2.33. The largest absolute Gasteiger partial charge is 0.491 e. The van der Waals surface area contributed by atoms with Crippen molar-refractivity contribution in [2.45, 2.75) is 52.5 Å². The van der Waals surface area contributed by atoms with Crippen molar-refractivity contribution < 1.29 is 9.13 Å². The molecule has 0 aliphatic carbocycles. The van der Waals surface area contributed by atoms with E-state index in [4.69, 9.17) is 4.74 Å². The first kappa shape index (κ1) is 14.8. The first-order valence-corrected chi connectivity index (χ1v) is 6.90. The van der Waals surface area contributed by atoms with Crippen LogP contribution in [0.3, 0.4) is 0 Å². The Morgan fingerprint density at radius 3 is 2.33 bits per heavy atom. The van der Waals surface area contributed by atoms with Gasteiger partial charge in [0.25, 0.3) is 0 Å². The van der Waals surface area contributed by atoms with Gasteiger partial charge in [-0.2, -0.15) is 0 Å². The van der Waals surface area contributed by atoms with E-state index < -0.39 is 0 Å². The minimum Gasteiger partial charge on any atom is -0.491 e. The van der Waals surface area contributed by atoms with Crippen molar-refractivity contribution in [2.75, 3.05) is 11.9 Å². The van der Waals surface area contributed by atoms with Crippen LogP contribution in [0.15, 0.2) is 18.2 Å². The molecule has 0 aromatic heterocycles. The van der Waals surface area contributed by atoms with Gasteiger partial charge in [0.2, 0.25) is 0 Å². The molecule has 0 bridgehead atoms. The van der Waals surface area contributed by atoms with Gasteiger partial charge in [-0.15, -0.1) is 0 Å². The van der Waals surface area contributed by atoms with Crippen LogP contribution < -0.4 is 10.1 Å². The lowest BCUT2D eigenvalue weighted by Crippen LogP contribution is -2.18. The van der Waals surface area contributed by atoms with E-state index >= 15 is 0 Å². The molecule has 0 unspecified atom stereocenters. The first-order chi connectivity index (χ1) is 8.71. The topological polar surface area (TPSA) is 21.3 Å². The molecule has 3 heteroatoms. The zero-order chi connectivity index (χ0) is 13.4. The maximum atomic E-state index is 13.7. The Morgan fingerprint density at radius 2 is 1.83 bits per heavy atom. The van der Waals surface area contributed by atoms with Gasteiger partial charge < -0.3 is 10.1 Å². The summed E-state index contributed by atoms with van der Waals surface area (Å²) in [5.41, 5.74) is 0.836. The molecule has 0 radical (unpaired) electrons. The highest BCUT2D eigenvalue weighted by atomic mass is 19.1. The van der Waals surface area contributed by atoms with Crippen LogP contribution in [0.2, 0.25) is 0 Å². The summed E-state index contributed by atoms with van der Waals surface area (Å²) in [6, 6.07) is 5.52. The fourth-order valence-electron chi connectivity index (χ4n) is 2.08. The van der Waals surface area contributed by atoms with Crippen LogP contribution in [0.1, 0.15) is 46.5 Å². The molecule has 0 aliphatic rings. The zero-order valence-corrected chi connectivity index (χ0v) is 11.6. The number of hydrogen-bond acceptors (Lipinski definition) is 2. The summed E-state index contributed by atoms with van der Waals surface area (Å²) < 4.78 is 18.9. The van der Waals surface area contributed by atoms with Gasteiger partial charge in [0.05, 0.1) is 6.61 Å². The second-order valence-electron chi connectivity index (χ2n) is 4.50. The molecule has 102 valence electrons. The fraction of sp³-hybridized carbons (Fsp3) is 0.600. The van der Waals surface area contributed by atoms with Crippen LogP contribution >= 0.6 is 0 Å². The lowest BCUT2D eigenvalue weighted by Gasteiger charge is -2.19. The molecule has 0 saturated heterocycles. The van der Waals surface area contributed by atoms with E-state index in [0.29, 0.717) is 18.4 Å². The lowest BCUT2D eigenvalue weighted by atomic mass is 10.1. The minimum absolute atomic E-state index is 0.298. The molecule has 1 aromatic rings. The number of benzene rings is 1. The molecule has 0 amide bonds. The highest BCUT2D eigenvalue weighted by Crippen LogP contribution is 2.22. The molecular weight excluding hydrogens is 229 g/mol. The molecule has 0 spiro atoms. The molecule has 0 atom stereocenters. The molecule has 1 aromatic carbocycles. The number of hydrogen-bond donors (Lipinski definition) is 1. The molecule has 0 fully saturated rings. The third kappa shape index (κ3) is 4.55. The smallest absolute Gasteiger partial charge is 0.167 e. The molecule has 18 heavy (non-hydrogen) atoms. The van der Waals surface area contributed by atoms with Gasteiger partial charge in [0.15, 0.2) is 11.6 Å². The van der Waals surface area contributed by atoms with Crippen molar-refractivity contribution in [1.82, 2.24) is 0 Å². The molecule has 1 rings (SSSR count). The van der Waals surface area contributed by atoms with Crippen LogP contribution in [-0.2, 0) is 0 Å². The average molecular weight is 253 g/mol. The molecule has 2 nitrogen and oxygen atoms in total. The fourth-order valence-corrected chi connectivity index (χ4v) is 2.08. The Labute approximate surface area is 110 Å². The van der Waals surface area contributed by atoms with Crippen LogP contribution in [0.5, 0.6) is 5.75 Å². The van der Waals surface area contributed by atoms with Gasteiger partial charge in [-0.25, -0.2) is 4.39 Å². The predicted molar refractivity (Wildman–Crippen MR) is 74.8 cm³/mol. The van der Waals surface area contributed by atoms with E-state index in [1.807, 2.05) is 13.0 Å². The third-order valence-corrected chi connectivity index (χ3v) is 2.88. The highest BCUT2D eigenvalue weighted by molar-refractivity contribution is 5.48. The summed E-state index contributed by atoms with van der Waals surface area (Å²) in [5.74, 6) is 0.0270. The summed E-state index contributed by atoms with van der Waals surface area (Å²) in [6.07, 6.45) is 4.50. The standard InChI is InChI=1S/C15H24FNO/c1-4-7-12(8-5-2)17-13-9-10-15(18-6-3)14(16)11-13/h9-12,17H,4-8H2,1-3H3. The number of anilines is 1. The van der Waals surface area contributed by atoms with Gasteiger partial charge in [-0.05, 0) is 31.9 Å². The van der Waals surface area contributed by atoms with Gasteiger partial charge >= 0.3 is 0 Å². The van der Waals surface area contributed by atoms with Gasteiger partial charge in [0, 0.05) is 17.8 Å².